The second-order valence-corrected chi connectivity index (χ2v) is 10.1. The summed E-state index contributed by atoms with van der Waals surface area (Å²) in [6, 6.07) is 7.22. The molecule has 1 aromatic carbocycles. The third-order valence-electron chi connectivity index (χ3n) is 7.69. The van der Waals surface area contributed by atoms with Crippen LogP contribution in [0, 0.1) is 23.2 Å². The number of hydrogen-bond donors (Lipinski definition) is 1. The molecule has 28 heavy (non-hydrogen) atoms. The summed E-state index contributed by atoms with van der Waals surface area (Å²) in [5.74, 6) is 2.52. The molecule has 0 spiro atoms. The van der Waals surface area contributed by atoms with Crippen molar-refractivity contribution in [2.45, 2.75) is 64.0 Å². The molecule has 1 saturated heterocycles. The molecule has 0 aromatic heterocycles. The molecule has 1 aliphatic heterocycles. The van der Waals surface area contributed by atoms with Gasteiger partial charge in [0.05, 0.1) is 5.41 Å². The first kappa shape index (κ1) is 18.5. The fourth-order valence-electron chi connectivity index (χ4n) is 6.87. The van der Waals surface area contributed by atoms with Crippen LogP contribution in [0.2, 0.25) is 5.02 Å². The number of benzene rings is 1. The summed E-state index contributed by atoms with van der Waals surface area (Å²) in [4.78, 5) is 28.5. The molecule has 5 heteroatoms. The molecule has 5 aliphatic rings. The number of likely N-dealkylation sites (tertiary alicyclic amines) is 1. The van der Waals surface area contributed by atoms with Crippen LogP contribution in [0.15, 0.2) is 24.3 Å². The van der Waals surface area contributed by atoms with Gasteiger partial charge in [-0.3, -0.25) is 9.59 Å². The first-order chi connectivity index (χ1) is 13.5. The van der Waals surface area contributed by atoms with Gasteiger partial charge in [0.1, 0.15) is 6.04 Å². The van der Waals surface area contributed by atoms with Crippen LogP contribution in [-0.2, 0) is 16.1 Å². The van der Waals surface area contributed by atoms with Crippen LogP contribution in [0.5, 0.6) is 0 Å². The second-order valence-electron chi connectivity index (χ2n) is 9.70. The molecule has 1 heterocycles. The van der Waals surface area contributed by atoms with Gasteiger partial charge in [-0.1, -0.05) is 23.7 Å². The third kappa shape index (κ3) is 3.24. The van der Waals surface area contributed by atoms with E-state index in [1.807, 2.05) is 29.2 Å². The highest BCUT2D eigenvalue weighted by molar-refractivity contribution is 6.30. The van der Waals surface area contributed by atoms with E-state index in [-0.39, 0.29) is 23.3 Å². The molecule has 1 unspecified atom stereocenters. The topological polar surface area (TPSA) is 49.4 Å². The van der Waals surface area contributed by atoms with Crippen molar-refractivity contribution in [1.82, 2.24) is 10.2 Å². The fourth-order valence-corrected chi connectivity index (χ4v) is 6.99. The van der Waals surface area contributed by atoms with Crippen LogP contribution in [0.1, 0.15) is 56.9 Å². The van der Waals surface area contributed by atoms with Gasteiger partial charge in [-0.2, -0.15) is 0 Å². The van der Waals surface area contributed by atoms with Crippen molar-refractivity contribution in [3.05, 3.63) is 34.9 Å². The van der Waals surface area contributed by atoms with E-state index < -0.39 is 0 Å². The maximum atomic E-state index is 13.7. The summed E-state index contributed by atoms with van der Waals surface area (Å²) in [5, 5.41) is 3.74. The molecule has 2 amide bonds. The minimum absolute atomic E-state index is 0.00877. The first-order valence-corrected chi connectivity index (χ1v) is 11.2. The standard InChI is InChI=1S/C23H29ClN2O2/c24-19-5-3-15(4-6-19)14-25-21(27)20-2-1-7-26(20)22(28)23-11-16-8-17(12-23)10-18(9-16)13-23/h3-6,16-18,20H,1-2,7-14H2,(H,25,27). The van der Waals surface area contributed by atoms with Crippen molar-refractivity contribution in [2.24, 2.45) is 23.2 Å². The van der Waals surface area contributed by atoms with Gasteiger partial charge in [-0.25, -0.2) is 0 Å². The van der Waals surface area contributed by atoms with Crippen LogP contribution in [-0.4, -0.2) is 29.3 Å². The molecule has 1 N–H and O–H groups in total. The third-order valence-corrected chi connectivity index (χ3v) is 7.94. The molecule has 4 bridgehead atoms. The highest BCUT2D eigenvalue weighted by Gasteiger charge is 2.56. The quantitative estimate of drug-likeness (QED) is 0.824. The number of halogens is 1. The molecule has 5 fully saturated rings. The molecule has 1 atom stereocenters. The Bertz CT molecular complexity index is 740. The van der Waals surface area contributed by atoms with E-state index in [9.17, 15) is 9.59 Å². The Hall–Kier alpha value is -1.55. The lowest BCUT2D eigenvalue weighted by atomic mass is 9.49. The van der Waals surface area contributed by atoms with E-state index in [1.54, 1.807) is 0 Å². The Balaban J connectivity index is 1.26. The van der Waals surface area contributed by atoms with Crippen molar-refractivity contribution in [3.8, 4) is 0 Å². The van der Waals surface area contributed by atoms with E-state index in [1.165, 1.54) is 19.3 Å². The van der Waals surface area contributed by atoms with Crippen LogP contribution >= 0.6 is 11.6 Å². The number of carbonyl (C=O) groups excluding carboxylic acids is 2. The second kappa shape index (κ2) is 7.05. The van der Waals surface area contributed by atoms with Gasteiger partial charge in [0.15, 0.2) is 0 Å². The van der Waals surface area contributed by atoms with Gasteiger partial charge in [-0.15, -0.1) is 0 Å². The maximum absolute atomic E-state index is 13.7. The number of hydrogen-bond acceptors (Lipinski definition) is 2. The molecule has 0 radical (unpaired) electrons. The summed E-state index contributed by atoms with van der Waals surface area (Å²) in [5.41, 5.74) is 0.864. The minimum atomic E-state index is -0.298. The lowest BCUT2D eigenvalue weighted by Gasteiger charge is -2.56. The Labute approximate surface area is 172 Å². The van der Waals surface area contributed by atoms with Crippen molar-refractivity contribution in [1.29, 1.82) is 0 Å². The van der Waals surface area contributed by atoms with Gasteiger partial charge >= 0.3 is 0 Å². The Morgan fingerprint density at radius 2 is 1.64 bits per heavy atom. The predicted octanol–water partition coefficient (Wildman–Crippen LogP) is 4.16. The number of nitrogens with one attached hydrogen (secondary N) is 1. The van der Waals surface area contributed by atoms with Gasteiger partial charge < -0.3 is 10.2 Å². The average Bonchev–Trinajstić information content (AvgIpc) is 3.15. The molecule has 4 nitrogen and oxygen atoms in total. The highest BCUT2D eigenvalue weighted by atomic mass is 35.5. The summed E-state index contributed by atoms with van der Waals surface area (Å²) in [6.07, 6.45) is 8.89. The minimum Gasteiger partial charge on any atom is -0.350 e. The molecular formula is C23H29ClN2O2. The van der Waals surface area contributed by atoms with E-state index in [0.717, 1.165) is 62.0 Å². The Morgan fingerprint density at radius 3 is 2.25 bits per heavy atom. The normalized spacial score (nSPS) is 36.0. The summed E-state index contributed by atoms with van der Waals surface area (Å²) >= 11 is 5.93. The molecule has 150 valence electrons. The van der Waals surface area contributed by atoms with Gasteiger partial charge in [-0.05, 0) is 86.8 Å². The zero-order chi connectivity index (χ0) is 19.3. The van der Waals surface area contributed by atoms with Crippen LogP contribution < -0.4 is 5.32 Å². The number of amides is 2. The van der Waals surface area contributed by atoms with Crippen molar-refractivity contribution >= 4 is 23.4 Å². The highest BCUT2D eigenvalue weighted by Crippen LogP contribution is 2.60. The molecule has 6 rings (SSSR count). The van der Waals surface area contributed by atoms with E-state index in [0.29, 0.717) is 11.6 Å². The Morgan fingerprint density at radius 1 is 1.04 bits per heavy atom. The van der Waals surface area contributed by atoms with Crippen LogP contribution in [0.25, 0.3) is 0 Å². The average molecular weight is 401 g/mol. The maximum Gasteiger partial charge on any atom is 0.243 e. The molecule has 4 saturated carbocycles. The van der Waals surface area contributed by atoms with Crippen molar-refractivity contribution in [3.63, 3.8) is 0 Å². The van der Waals surface area contributed by atoms with Gasteiger partial charge in [0.2, 0.25) is 11.8 Å². The smallest absolute Gasteiger partial charge is 0.243 e. The van der Waals surface area contributed by atoms with Crippen LogP contribution in [0.3, 0.4) is 0 Å². The van der Waals surface area contributed by atoms with Crippen LogP contribution in [0.4, 0.5) is 0 Å². The van der Waals surface area contributed by atoms with Gasteiger partial charge in [0.25, 0.3) is 0 Å². The summed E-state index contributed by atoms with van der Waals surface area (Å²) in [6.45, 7) is 1.21. The van der Waals surface area contributed by atoms with E-state index in [2.05, 4.69) is 5.32 Å². The van der Waals surface area contributed by atoms with Crippen molar-refractivity contribution < 1.29 is 9.59 Å². The summed E-state index contributed by atoms with van der Waals surface area (Å²) in [7, 11) is 0. The molecular weight excluding hydrogens is 372 g/mol. The zero-order valence-electron chi connectivity index (χ0n) is 16.3. The SMILES string of the molecule is O=C(NCc1ccc(Cl)cc1)C1CCCN1C(=O)C12CC3CC(CC(C3)C1)C2. The largest absolute Gasteiger partial charge is 0.350 e. The summed E-state index contributed by atoms with van der Waals surface area (Å²) < 4.78 is 0. The first-order valence-electron chi connectivity index (χ1n) is 10.9. The lowest BCUT2D eigenvalue weighted by Crippen LogP contribution is -2.57. The predicted molar refractivity (Wildman–Crippen MR) is 109 cm³/mol. The number of nitrogens with zero attached hydrogens (tertiary/aromatic N) is 1. The van der Waals surface area contributed by atoms with Crippen molar-refractivity contribution in [2.75, 3.05) is 6.54 Å². The number of rotatable bonds is 4. The van der Waals surface area contributed by atoms with Gasteiger partial charge in [0, 0.05) is 18.1 Å². The molecule has 4 aliphatic carbocycles. The lowest BCUT2D eigenvalue weighted by molar-refractivity contribution is -0.160. The van der Waals surface area contributed by atoms with E-state index in [4.69, 9.17) is 11.6 Å². The molecule has 1 aromatic rings. The zero-order valence-corrected chi connectivity index (χ0v) is 17.1. The fraction of sp³-hybridized carbons (Fsp3) is 0.652. The monoisotopic (exact) mass is 400 g/mol. The number of carbonyl (C=O) groups is 2. The Kier molecular flexibility index (Phi) is 4.65. The van der Waals surface area contributed by atoms with E-state index >= 15 is 0 Å².